The Labute approximate surface area is 99.3 Å². The van der Waals surface area contributed by atoms with Crippen LogP contribution in [0.3, 0.4) is 0 Å². The van der Waals surface area contributed by atoms with Gasteiger partial charge in [-0.05, 0) is 35.3 Å². The van der Waals surface area contributed by atoms with E-state index in [1.54, 1.807) is 0 Å². The number of aromatic hydroxyl groups is 1. The van der Waals surface area contributed by atoms with Crippen molar-refractivity contribution >= 4 is 21.6 Å². The average Bonchev–Trinajstić information content (AvgIpc) is 2.24. The molecule has 7 heteroatoms. The SMILES string of the molecule is NCCCc1cc([N+](=O)[O-])c(F)c(Br)c1O. The van der Waals surface area contributed by atoms with Gasteiger partial charge in [0.05, 0.1) is 4.92 Å². The van der Waals surface area contributed by atoms with Crippen molar-refractivity contribution in [1.82, 2.24) is 0 Å². The van der Waals surface area contributed by atoms with E-state index in [4.69, 9.17) is 5.73 Å². The normalized spacial score (nSPS) is 10.4. The Balaban J connectivity index is 3.24. The van der Waals surface area contributed by atoms with Crippen LogP contribution in [0.5, 0.6) is 5.75 Å². The summed E-state index contributed by atoms with van der Waals surface area (Å²) in [4.78, 5) is 9.72. The zero-order chi connectivity index (χ0) is 12.3. The average molecular weight is 293 g/mol. The molecule has 0 aliphatic rings. The topological polar surface area (TPSA) is 89.4 Å². The van der Waals surface area contributed by atoms with Crippen LogP contribution in [-0.4, -0.2) is 16.6 Å². The number of aryl methyl sites for hydroxylation is 1. The summed E-state index contributed by atoms with van der Waals surface area (Å²) in [5, 5.41) is 20.1. The van der Waals surface area contributed by atoms with E-state index in [0.29, 0.717) is 24.9 Å². The number of rotatable bonds is 4. The summed E-state index contributed by atoms with van der Waals surface area (Å²) in [7, 11) is 0. The molecule has 0 radical (unpaired) electrons. The van der Waals surface area contributed by atoms with Crippen molar-refractivity contribution in [3.05, 3.63) is 32.0 Å². The minimum atomic E-state index is -1.07. The molecular weight excluding hydrogens is 283 g/mol. The largest absolute Gasteiger partial charge is 0.506 e. The van der Waals surface area contributed by atoms with E-state index in [0.717, 1.165) is 6.07 Å². The van der Waals surface area contributed by atoms with Crippen molar-refractivity contribution < 1.29 is 14.4 Å². The monoisotopic (exact) mass is 292 g/mol. The first-order valence-electron chi connectivity index (χ1n) is 4.53. The fourth-order valence-corrected chi connectivity index (χ4v) is 1.73. The summed E-state index contributed by atoms with van der Waals surface area (Å²) in [5.41, 5.74) is 4.95. The van der Waals surface area contributed by atoms with Crippen LogP contribution in [0.1, 0.15) is 12.0 Å². The molecule has 0 amide bonds. The maximum Gasteiger partial charge on any atom is 0.306 e. The van der Waals surface area contributed by atoms with Crippen LogP contribution in [0.25, 0.3) is 0 Å². The van der Waals surface area contributed by atoms with Crippen molar-refractivity contribution in [1.29, 1.82) is 0 Å². The zero-order valence-corrected chi connectivity index (χ0v) is 9.83. The van der Waals surface area contributed by atoms with Crippen LogP contribution in [-0.2, 0) is 6.42 Å². The van der Waals surface area contributed by atoms with Gasteiger partial charge in [0.25, 0.3) is 0 Å². The minimum Gasteiger partial charge on any atom is -0.506 e. The van der Waals surface area contributed by atoms with Crippen molar-refractivity contribution in [3.8, 4) is 5.75 Å². The van der Waals surface area contributed by atoms with Crippen LogP contribution in [0, 0.1) is 15.9 Å². The molecule has 1 aromatic carbocycles. The van der Waals surface area contributed by atoms with Crippen LogP contribution < -0.4 is 5.73 Å². The smallest absolute Gasteiger partial charge is 0.306 e. The Kier molecular flexibility index (Phi) is 4.19. The molecule has 16 heavy (non-hydrogen) atoms. The molecule has 0 spiro atoms. The minimum absolute atomic E-state index is 0.284. The molecule has 0 heterocycles. The fraction of sp³-hybridized carbons (Fsp3) is 0.333. The van der Waals surface area contributed by atoms with Crippen LogP contribution in [0.15, 0.2) is 10.5 Å². The van der Waals surface area contributed by atoms with Gasteiger partial charge in [0.15, 0.2) is 0 Å². The van der Waals surface area contributed by atoms with E-state index in [1.165, 1.54) is 0 Å². The quantitative estimate of drug-likeness (QED) is 0.657. The predicted molar refractivity (Wildman–Crippen MR) is 59.8 cm³/mol. The third kappa shape index (κ3) is 2.48. The van der Waals surface area contributed by atoms with Crippen molar-refractivity contribution in [2.45, 2.75) is 12.8 Å². The molecule has 0 saturated heterocycles. The van der Waals surface area contributed by atoms with E-state index >= 15 is 0 Å². The number of nitro groups is 1. The molecule has 3 N–H and O–H groups in total. The lowest BCUT2D eigenvalue weighted by Crippen LogP contribution is -2.02. The highest BCUT2D eigenvalue weighted by Crippen LogP contribution is 2.36. The summed E-state index contributed by atoms with van der Waals surface area (Å²) in [6.07, 6.45) is 0.921. The van der Waals surface area contributed by atoms with E-state index in [9.17, 15) is 19.6 Å². The van der Waals surface area contributed by atoms with Gasteiger partial charge >= 0.3 is 5.69 Å². The standard InChI is InChI=1S/C9H10BrFN2O3/c10-7-8(11)6(13(15)16)4-5(9(7)14)2-1-3-12/h4,14H,1-3,12H2. The van der Waals surface area contributed by atoms with Gasteiger partial charge in [-0.2, -0.15) is 4.39 Å². The summed E-state index contributed by atoms with van der Waals surface area (Å²) in [6, 6.07) is 1.03. The molecule has 5 nitrogen and oxygen atoms in total. The molecule has 1 rings (SSSR count). The predicted octanol–water partition coefficient (Wildman–Crippen LogP) is 2.09. The number of halogens is 2. The molecule has 0 unspecified atom stereocenters. The molecule has 0 aliphatic carbocycles. The fourth-order valence-electron chi connectivity index (χ4n) is 1.27. The third-order valence-corrected chi connectivity index (χ3v) is 2.81. The van der Waals surface area contributed by atoms with Gasteiger partial charge in [-0.15, -0.1) is 0 Å². The number of benzene rings is 1. The Morgan fingerprint density at radius 3 is 2.75 bits per heavy atom. The molecule has 0 fully saturated rings. The number of nitrogens with two attached hydrogens (primary N) is 1. The zero-order valence-electron chi connectivity index (χ0n) is 8.24. The third-order valence-electron chi connectivity index (χ3n) is 2.09. The molecular formula is C9H10BrFN2O3. The van der Waals surface area contributed by atoms with Gasteiger partial charge in [-0.25, -0.2) is 0 Å². The van der Waals surface area contributed by atoms with Crippen molar-refractivity contribution in [2.75, 3.05) is 6.54 Å². The highest BCUT2D eigenvalue weighted by Gasteiger charge is 2.22. The van der Waals surface area contributed by atoms with Crippen molar-refractivity contribution in [3.63, 3.8) is 0 Å². The van der Waals surface area contributed by atoms with Gasteiger partial charge < -0.3 is 10.8 Å². The van der Waals surface area contributed by atoms with Crippen LogP contribution >= 0.6 is 15.9 Å². The molecule has 0 bridgehead atoms. The number of hydrogen-bond donors (Lipinski definition) is 2. The maximum atomic E-state index is 13.3. The van der Waals surface area contributed by atoms with Crippen molar-refractivity contribution in [2.24, 2.45) is 5.73 Å². The number of nitro benzene ring substituents is 1. The van der Waals surface area contributed by atoms with E-state index in [-0.39, 0.29) is 10.2 Å². The number of phenols is 1. The van der Waals surface area contributed by atoms with Gasteiger partial charge in [0.1, 0.15) is 10.2 Å². The van der Waals surface area contributed by atoms with Gasteiger partial charge in [-0.1, -0.05) is 0 Å². The van der Waals surface area contributed by atoms with Gasteiger partial charge in [-0.3, -0.25) is 10.1 Å². The Morgan fingerprint density at radius 2 is 2.25 bits per heavy atom. The first kappa shape index (κ1) is 12.9. The van der Waals surface area contributed by atoms with E-state index in [1.807, 2.05) is 0 Å². The second-order valence-electron chi connectivity index (χ2n) is 3.18. The first-order chi connectivity index (χ1) is 7.49. The molecule has 88 valence electrons. The lowest BCUT2D eigenvalue weighted by Gasteiger charge is -2.07. The highest BCUT2D eigenvalue weighted by atomic mass is 79.9. The molecule has 1 aromatic rings. The number of nitrogens with zero attached hydrogens (tertiary/aromatic N) is 1. The molecule has 0 saturated carbocycles. The maximum absolute atomic E-state index is 13.3. The summed E-state index contributed by atoms with van der Waals surface area (Å²) in [5.74, 6) is -1.38. The molecule has 0 aliphatic heterocycles. The van der Waals surface area contributed by atoms with Crippen LogP contribution in [0.2, 0.25) is 0 Å². The summed E-state index contributed by atoms with van der Waals surface area (Å²) < 4.78 is 13.1. The summed E-state index contributed by atoms with van der Waals surface area (Å²) in [6.45, 7) is 0.391. The Bertz CT molecular complexity index is 426. The second-order valence-corrected chi connectivity index (χ2v) is 3.97. The van der Waals surface area contributed by atoms with Gasteiger partial charge in [0, 0.05) is 11.6 Å². The lowest BCUT2D eigenvalue weighted by atomic mass is 10.1. The highest BCUT2D eigenvalue weighted by molar-refractivity contribution is 9.10. The number of hydrogen-bond acceptors (Lipinski definition) is 4. The Morgan fingerprint density at radius 1 is 1.62 bits per heavy atom. The van der Waals surface area contributed by atoms with Crippen LogP contribution in [0.4, 0.5) is 10.1 Å². The lowest BCUT2D eigenvalue weighted by molar-refractivity contribution is -0.387. The van der Waals surface area contributed by atoms with E-state index < -0.39 is 16.4 Å². The van der Waals surface area contributed by atoms with E-state index in [2.05, 4.69) is 15.9 Å². The molecule has 0 aromatic heterocycles. The van der Waals surface area contributed by atoms with Gasteiger partial charge in [0.2, 0.25) is 5.82 Å². The molecule has 0 atom stereocenters. The Hall–Kier alpha value is -1.21. The summed E-state index contributed by atoms with van der Waals surface area (Å²) >= 11 is 2.78. The first-order valence-corrected chi connectivity index (χ1v) is 5.32. The second kappa shape index (κ2) is 5.22. The number of phenolic OH excluding ortho intramolecular Hbond substituents is 1.